The van der Waals surface area contributed by atoms with Crippen LogP contribution in [-0.2, 0) is 0 Å². The third-order valence-electron chi connectivity index (χ3n) is 1.38. The van der Waals surface area contributed by atoms with Crippen molar-refractivity contribution in [3.63, 3.8) is 0 Å². The number of carbonyl (C=O) groups is 1. The number of nitrogens with one attached hydrogen (secondary N) is 1. The lowest BCUT2D eigenvalue weighted by molar-refractivity contribution is 0.249. The molecule has 0 aromatic heterocycles. The first kappa shape index (κ1) is 8.00. The predicted molar refractivity (Wildman–Crippen MR) is 42.3 cm³/mol. The van der Waals surface area contributed by atoms with Crippen molar-refractivity contribution in [3.05, 3.63) is 0 Å². The maximum atomic E-state index is 10.1. The largest absolute Gasteiger partial charge is 0.350 e. The van der Waals surface area contributed by atoms with Crippen LogP contribution in [0.5, 0.6) is 0 Å². The Bertz CT molecular complexity index is 164. The highest BCUT2D eigenvalue weighted by Crippen LogP contribution is 2.01. The zero-order valence-corrected chi connectivity index (χ0v) is 6.29. The van der Waals surface area contributed by atoms with Crippen molar-refractivity contribution >= 4 is 12.2 Å². The highest BCUT2D eigenvalue weighted by atomic mass is 16.2. The fourth-order valence-corrected chi connectivity index (χ4v) is 0.708. The Morgan fingerprint density at radius 3 is 3.00 bits per heavy atom. The first-order valence-corrected chi connectivity index (χ1v) is 3.58. The Hall–Kier alpha value is -1.10. The van der Waals surface area contributed by atoms with Crippen molar-refractivity contribution in [2.24, 2.45) is 10.8 Å². The Labute approximate surface area is 65.2 Å². The van der Waals surface area contributed by atoms with E-state index in [0.717, 1.165) is 13.0 Å². The van der Waals surface area contributed by atoms with Crippen LogP contribution in [0.2, 0.25) is 0 Å². The fourth-order valence-electron chi connectivity index (χ4n) is 0.708. The minimum atomic E-state index is -0.618. The van der Waals surface area contributed by atoms with Gasteiger partial charge in [0, 0.05) is 25.8 Å². The van der Waals surface area contributed by atoms with Gasteiger partial charge < -0.3 is 10.6 Å². The molecular formula is C6H12N4O. The van der Waals surface area contributed by atoms with Crippen molar-refractivity contribution in [3.8, 4) is 0 Å². The third-order valence-corrected chi connectivity index (χ3v) is 1.38. The van der Waals surface area contributed by atoms with Gasteiger partial charge in [0.25, 0.3) is 0 Å². The summed E-state index contributed by atoms with van der Waals surface area (Å²) >= 11 is 0. The molecule has 0 aromatic carbocycles. The van der Waals surface area contributed by atoms with Gasteiger partial charge in [-0.3, -0.25) is 0 Å². The van der Waals surface area contributed by atoms with E-state index < -0.39 is 6.03 Å². The SMILES string of the molecule is NC(=O)N/N=C/CCN1CC1. The second-order valence-electron chi connectivity index (χ2n) is 2.42. The van der Waals surface area contributed by atoms with E-state index >= 15 is 0 Å². The second-order valence-corrected chi connectivity index (χ2v) is 2.42. The molecule has 0 saturated carbocycles. The van der Waals surface area contributed by atoms with Gasteiger partial charge in [-0.2, -0.15) is 5.10 Å². The number of rotatable bonds is 4. The van der Waals surface area contributed by atoms with E-state index in [1.54, 1.807) is 6.21 Å². The van der Waals surface area contributed by atoms with Gasteiger partial charge >= 0.3 is 6.03 Å². The molecule has 1 saturated heterocycles. The standard InChI is InChI=1S/C6H12N4O/c7-6(11)9-8-2-1-3-10-4-5-10/h2H,1,3-5H2,(H3,7,9,11)/b8-2+. The fraction of sp³-hybridized carbons (Fsp3) is 0.667. The van der Waals surface area contributed by atoms with Crippen molar-refractivity contribution in [2.45, 2.75) is 6.42 Å². The minimum Gasteiger partial charge on any atom is -0.350 e. The highest BCUT2D eigenvalue weighted by Gasteiger charge is 2.14. The summed E-state index contributed by atoms with van der Waals surface area (Å²) in [4.78, 5) is 12.4. The van der Waals surface area contributed by atoms with E-state index in [4.69, 9.17) is 5.73 Å². The molecule has 0 spiro atoms. The minimum absolute atomic E-state index is 0.618. The zero-order chi connectivity index (χ0) is 8.10. The lowest BCUT2D eigenvalue weighted by Crippen LogP contribution is -2.24. The van der Waals surface area contributed by atoms with Gasteiger partial charge in [-0.15, -0.1) is 0 Å². The van der Waals surface area contributed by atoms with Crippen LogP contribution in [0.25, 0.3) is 0 Å². The van der Waals surface area contributed by atoms with Gasteiger partial charge in [-0.05, 0) is 6.42 Å². The molecule has 3 N–H and O–H groups in total. The monoisotopic (exact) mass is 156 g/mol. The number of nitrogens with two attached hydrogens (primary N) is 1. The molecule has 0 bridgehead atoms. The Balaban J connectivity index is 1.91. The van der Waals surface area contributed by atoms with Gasteiger partial charge in [0.15, 0.2) is 0 Å². The predicted octanol–water partition coefficient (Wildman–Crippen LogP) is -0.654. The van der Waals surface area contributed by atoms with Gasteiger partial charge in [-0.25, -0.2) is 10.2 Å². The van der Waals surface area contributed by atoms with Crippen LogP contribution in [0.4, 0.5) is 4.79 Å². The number of hydrazone groups is 1. The summed E-state index contributed by atoms with van der Waals surface area (Å²) in [6, 6.07) is -0.618. The van der Waals surface area contributed by atoms with Gasteiger partial charge in [0.2, 0.25) is 0 Å². The van der Waals surface area contributed by atoms with Crippen LogP contribution in [-0.4, -0.2) is 36.8 Å². The van der Waals surface area contributed by atoms with Crippen LogP contribution >= 0.6 is 0 Å². The molecule has 0 atom stereocenters. The van der Waals surface area contributed by atoms with Crippen LogP contribution in [0.15, 0.2) is 5.10 Å². The van der Waals surface area contributed by atoms with Crippen LogP contribution in [0, 0.1) is 0 Å². The molecule has 11 heavy (non-hydrogen) atoms. The Morgan fingerprint density at radius 1 is 1.73 bits per heavy atom. The number of nitrogens with zero attached hydrogens (tertiary/aromatic N) is 2. The third kappa shape index (κ3) is 4.32. The summed E-state index contributed by atoms with van der Waals surface area (Å²) in [7, 11) is 0. The Morgan fingerprint density at radius 2 is 2.45 bits per heavy atom. The number of amides is 2. The molecule has 1 aliphatic heterocycles. The smallest absolute Gasteiger partial charge is 0.332 e. The number of hydrogen-bond donors (Lipinski definition) is 2. The molecule has 1 heterocycles. The number of carbonyl (C=O) groups excluding carboxylic acids is 1. The summed E-state index contributed by atoms with van der Waals surface area (Å²) in [6.45, 7) is 3.40. The molecule has 0 unspecified atom stereocenters. The van der Waals surface area contributed by atoms with Crippen LogP contribution < -0.4 is 11.2 Å². The van der Waals surface area contributed by atoms with Gasteiger partial charge in [0.1, 0.15) is 0 Å². The van der Waals surface area contributed by atoms with E-state index in [0.29, 0.717) is 0 Å². The van der Waals surface area contributed by atoms with Gasteiger partial charge in [-0.1, -0.05) is 0 Å². The molecule has 62 valence electrons. The van der Waals surface area contributed by atoms with Crippen molar-refractivity contribution < 1.29 is 4.79 Å². The molecular weight excluding hydrogens is 144 g/mol. The molecule has 1 aliphatic rings. The first-order chi connectivity index (χ1) is 5.29. The van der Waals surface area contributed by atoms with E-state index in [-0.39, 0.29) is 0 Å². The topological polar surface area (TPSA) is 70.5 Å². The number of primary amides is 1. The molecule has 2 amide bonds. The van der Waals surface area contributed by atoms with Crippen molar-refractivity contribution in [1.29, 1.82) is 0 Å². The van der Waals surface area contributed by atoms with Crippen LogP contribution in [0.3, 0.4) is 0 Å². The second kappa shape index (κ2) is 3.92. The maximum absolute atomic E-state index is 10.1. The normalized spacial score (nSPS) is 17.1. The molecule has 5 nitrogen and oxygen atoms in total. The van der Waals surface area contributed by atoms with E-state index in [1.807, 2.05) is 0 Å². The van der Waals surface area contributed by atoms with Gasteiger partial charge in [0.05, 0.1) is 0 Å². The summed E-state index contributed by atoms with van der Waals surface area (Å²) in [5, 5.41) is 3.59. The maximum Gasteiger partial charge on any atom is 0.332 e. The highest BCUT2D eigenvalue weighted by molar-refractivity contribution is 5.72. The average Bonchev–Trinajstić information content (AvgIpc) is 2.70. The van der Waals surface area contributed by atoms with Crippen molar-refractivity contribution in [1.82, 2.24) is 10.3 Å². The van der Waals surface area contributed by atoms with Crippen LogP contribution in [0.1, 0.15) is 6.42 Å². The molecule has 0 aliphatic carbocycles. The summed E-state index contributed by atoms with van der Waals surface area (Å²) in [5.41, 5.74) is 6.90. The first-order valence-electron chi connectivity index (χ1n) is 3.58. The number of hydrogen-bond acceptors (Lipinski definition) is 3. The molecule has 1 rings (SSSR count). The lowest BCUT2D eigenvalue weighted by Gasteiger charge is -1.93. The Kier molecular flexibility index (Phi) is 2.85. The summed E-state index contributed by atoms with van der Waals surface area (Å²) in [6.07, 6.45) is 2.52. The van der Waals surface area contributed by atoms with E-state index in [1.165, 1.54) is 13.1 Å². The average molecular weight is 156 g/mol. The summed E-state index contributed by atoms with van der Waals surface area (Å²) in [5.74, 6) is 0. The molecule has 1 fully saturated rings. The molecule has 0 radical (unpaired) electrons. The summed E-state index contributed by atoms with van der Waals surface area (Å²) < 4.78 is 0. The van der Waals surface area contributed by atoms with E-state index in [9.17, 15) is 4.79 Å². The molecule has 0 aromatic rings. The molecule has 5 heteroatoms. The zero-order valence-electron chi connectivity index (χ0n) is 6.29. The quantitative estimate of drug-likeness (QED) is 0.322. The van der Waals surface area contributed by atoms with E-state index in [2.05, 4.69) is 15.4 Å². The number of urea groups is 1. The lowest BCUT2D eigenvalue weighted by atomic mass is 10.5. The van der Waals surface area contributed by atoms with Crippen molar-refractivity contribution in [2.75, 3.05) is 19.6 Å².